The van der Waals surface area contributed by atoms with Gasteiger partial charge in [-0.2, -0.15) is 0 Å². The second-order valence-corrected chi connectivity index (χ2v) is 6.17. The smallest absolute Gasteiger partial charge is 0.264 e. The van der Waals surface area contributed by atoms with Crippen LogP contribution in [0.15, 0.2) is 41.3 Å². The first-order valence-electron chi connectivity index (χ1n) is 5.75. The summed E-state index contributed by atoms with van der Waals surface area (Å²) in [7, 11) is -2.71. The lowest BCUT2D eigenvalue weighted by molar-refractivity contribution is 0.417. The normalized spacial score (nSPS) is 11.2. The van der Waals surface area contributed by atoms with E-state index in [9.17, 15) is 12.8 Å². The van der Waals surface area contributed by atoms with E-state index in [0.29, 0.717) is 11.4 Å². The van der Waals surface area contributed by atoms with Gasteiger partial charge < -0.3 is 10.5 Å². The predicted octanol–water partition coefficient (Wildman–Crippen LogP) is 2.87. The van der Waals surface area contributed by atoms with Crippen molar-refractivity contribution in [2.24, 2.45) is 0 Å². The van der Waals surface area contributed by atoms with Crippen LogP contribution in [-0.4, -0.2) is 15.5 Å². The van der Waals surface area contributed by atoms with E-state index >= 15 is 0 Å². The van der Waals surface area contributed by atoms with Crippen molar-refractivity contribution in [3.05, 3.63) is 47.2 Å². The van der Waals surface area contributed by atoms with E-state index in [1.165, 1.54) is 37.4 Å². The summed E-state index contributed by atoms with van der Waals surface area (Å²) in [6.45, 7) is 0. The van der Waals surface area contributed by atoms with Gasteiger partial charge in [-0.25, -0.2) is 12.8 Å². The molecule has 0 radical (unpaired) electrons. The molecule has 5 nitrogen and oxygen atoms in total. The molecular formula is C13H12ClFN2O3S. The van der Waals surface area contributed by atoms with Crippen LogP contribution in [0.2, 0.25) is 5.02 Å². The van der Waals surface area contributed by atoms with Crippen molar-refractivity contribution in [2.75, 3.05) is 17.6 Å². The fourth-order valence-electron chi connectivity index (χ4n) is 1.68. The molecule has 2 aromatic rings. The maximum Gasteiger partial charge on any atom is 0.264 e. The van der Waals surface area contributed by atoms with Crippen LogP contribution in [0.3, 0.4) is 0 Å². The van der Waals surface area contributed by atoms with Gasteiger partial charge in [0.2, 0.25) is 0 Å². The first kappa shape index (κ1) is 15.4. The number of hydrogen-bond donors (Lipinski definition) is 2. The Morgan fingerprint density at radius 2 is 2.00 bits per heavy atom. The third-order valence-electron chi connectivity index (χ3n) is 2.69. The van der Waals surface area contributed by atoms with Crippen LogP contribution in [-0.2, 0) is 10.0 Å². The number of ether oxygens (including phenoxy) is 1. The van der Waals surface area contributed by atoms with Crippen molar-refractivity contribution in [1.29, 1.82) is 0 Å². The summed E-state index contributed by atoms with van der Waals surface area (Å²) >= 11 is 5.59. The summed E-state index contributed by atoms with van der Waals surface area (Å²) in [6, 6.07) is 8.06. The molecule has 0 saturated heterocycles. The molecule has 2 rings (SSSR count). The molecule has 0 atom stereocenters. The lowest BCUT2D eigenvalue weighted by atomic mass is 10.2. The van der Waals surface area contributed by atoms with Crippen molar-refractivity contribution >= 4 is 33.0 Å². The van der Waals surface area contributed by atoms with E-state index in [0.717, 1.165) is 6.07 Å². The molecule has 0 bridgehead atoms. The van der Waals surface area contributed by atoms with Gasteiger partial charge in [-0.05, 0) is 24.3 Å². The summed E-state index contributed by atoms with van der Waals surface area (Å²) in [6.07, 6.45) is 0. The largest absolute Gasteiger partial charge is 0.495 e. The highest BCUT2D eigenvalue weighted by atomic mass is 35.5. The van der Waals surface area contributed by atoms with Gasteiger partial charge in [0.15, 0.2) is 5.82 Å². The van der Waals surface area contributed by atoms with Crippen molar-refractivity contribution in [1.82, 2.24) is 0 Å². The van der Waals surface area contributed by atoms with Gasteiger partial charge in [-0.1, -0.05) is 17.7 Å². The maximum absolute atomic E-state index is 13.8. The third-order valence-corrected chi connectivity index (χ3v) is 4.38. The van der Waals surface area contributed by atoms with Crippen LogP contribution < -0.4 is 15.2 Å². The number of halogens is 2. The van der Waals surface area contributed by atoms with Gasteiger partial charge in [-0.15, -0.1) is 0 Å². The molecule has 0 heterocycles. The molecule has 0 unspecified atom stereocenters. The number of rotatable bonds is 4. The second kappa shape index (κ2) is 5.79. The molecule has 3 N–H and O–H groups in total. The van der Waals surface area contributed by atoms with E-state index in [-0.39, 0.29) is 10.7 Å². The van der Waals surface area contributed by atoms with Gasteiger partial charge in [0.05, 0.1) is 23.5 Å². The Bertz CT molecular complexity index is 781. The maximum atomic E-state index is 13.8. The zero-order valence-corrected chi connectivity index (χ0v) is 12.5. The summed E-state index contributed by atoms with van der Waals surface area (Å²) in [5.41, 5.74) is 6.19. The number of sulfonamides is 1. The van der Waals surface area contributed by atoms with Crippen molar-refractivity contribution in [2.45, 2.75) is 4.90 Å². The highest BCUT2D eigenvalue weighted by molar-refractivity contribution is 7.92. The van der Waals surface area contributed by atoms with Crippen LogP contribution >= 0.6 is 11.6 Å². The highest BCUT2D eigenvalue weighted by Crippen LogP contribution is 2.28. The highest BCUT2D eigenvalue weighted by Gasteiger charge is 2.21. The molecule has 2 aromatic carbocycles. The second-order valence-electron chi connectivity index (χ2n) is 4.11. The molecule has 21 heavy (non-hydrogen) atoms. The SMILES string of the molecule is COc1cc(NS(=O)(=O)c2cccc(Cl)c2F)ccc1N. The number of nitrogens with two attached hydrogens (primary N) is 1. The number of nitrogens with one attached hydrogen (secondary N) is 1. The van der Waals surface area contributed by atoms with Crippen LogP contribution in [0, 0.1) is 5.82 Å². The predicted molar refractivity (Wildman–Crippen MR) is 79.6 cm³/mol. The number of hydrogen-bond acceptors (Lipinski definition) is 4. The number of nitrogen functional groups attached to an aromatic ring is 1. The Hall–Kier alpha value is -1.99. The van der Waals surface area contributed by atoms with Crippen LogP contribution in [0.25, 0.3) is 0 Å². The van der Waals surface area contributed by atoms with E-state index in [2.05, 4.69) is 4.72 Å². The zero-order valence-electron chi connectivity index (χ0n) is 10.9. The van der Waals surface area contributed by atoms with Crippen molar-refractivity contribution in [3.8, 4) is 5.75 Å². The lowest BCUT2D eigenvalue weighted by Gasteiger charge is -2.11. The van der Waals surface area contributed by atoms with Gasteiger partial charge >= 0.3 is 0 Å². The average molecular weight is 331 g/mol. The summed E-state index contributed by atoms with van der Waals surface area (Å²) in [5.74, 6) is -0.698. The first-order chi connectivity index (χ1) is 9.85. The number of anilines is 2. The van der Waals surface area contributed by atoms with Gasteiger partial charge in [0.1, 0.15) is 10.6 Å². The van der Waals surface area contributed by atoms with Crippen molar-refractivity contribution < 1.29 is 17.5 Å². The van der Waals surface area contributed by atoms with E-state index in [4.69, 9.17) is 22.1 Å². The molecular weight excluding hydrogens is 319 g/mol. The Kier molecular flexibility index (Phi) is 4.24. The summed E-state index contributed by atoms with van der Waals surface area (Å²) in [4.78, 5) is -0.536. The first-order valence-corrected chi connectivity index (χ1v) is 7.61. The molecule has 0 aliphatic carbocycles. The van der Waals surface area contributed by atoms with Gasteiger partial charge in [0, 0.05) is 6.07 Å². The molecule has 8 heteroatoms. The molecule has 0 spiro atoms. The van der Waals surface area contributed by atoms with E-state index < -0.39 is 20.7 Å². The van der Waals surface area contributed by atoms with Gasteiger partial charge in [0.25, 0.3) is 10.0 Å². The van der Waals surface area contributed by atoms with E-state index in [1.807, 2.05) is 0 Å². The Morgan fingerprint density at radius 1 is 1.29 bits per heavy atom. The topological polar surface area (TPSA) is 81.4 Å². The van der Waals surface area contributed by atoms with Crippen LogP contribution in [0.5, 0.6) is 5.75 Å². The van der Waals surface area contributed by atoms with Crippen LogP contribution in [0.1, 0.15) is 0 Å². The molecule has 0 aliphatic rings. The van der Waals surface area contributed by atoms with Gasteiger partial charge in [-0.3, -0.25) is 4.72 Å². The minimum Gasteiger partial charge on any atom is -0.495 e. The summed E-state index contributed by atoms with van der Waals surface area (Å²) in [5, 5.41) is -0.271. The number of benzene rings is 2. The Labute approximate surface area is 126 Å². The van der Waals surface area contributed by atoms with Crippen LogP contribution in [0.4, 0.5) is 15.8 Å². The molecule has 0 fully saturated rings. The Balaban J connectivity index is 2.40. The lowest BCUT2D eigenvalue weighted by Crippen LogP contribution is -2.15. The third kappa shape index (κ3) is 3.20. The minimum atomic E-state index is -4.11. The molecule has 0 amide bonds. The standard InChI is InChI=1S/C13H12ClFN2O3S/c1-20-11-7-8(5-6-10(11)16)17-21(18,19)12-4-2-3-9(14)13(12)15/h2-7,17H,16H2,1H3. The van der Waals surface area contributed by atoms with E-state index in [1.54, 1.807) is 0 Å². The molecule has 112 valence electrons. The number of methoxy groups -OCH3 is 1. The fraction of sp³-hybridized carbons (Fsp3) is 0.0769. The summed E-state index contributed by atoms with van der Waals surface area (Å²) < 4.78 is 45.4. The fourth-order valence-corrected chi connectivity index (χ4v) is 3.06. The molecule has 0 aliphatic heterocycles. The molecule has 0 aromatic heterocycles. The Morgan fingerprint density at radius 3 is 2.67 bits per heavy atom. The molecule has 0 saturated carbocycles. The quantitative estimate of drug-likeness (QED) is 0.845. The monoisotopic (exact) mass is 330 g/mol. The van der Waals surface area contributed by atoms with Crippen molar-refractivity contribution in [3.63, 3.8) is 0 Å². The average Bonchev–Trinajstić information content (AvgIpc) is 2.43. The minimum absolute atomic E-state index is 0.195. The zero-order chi connectivity index (χ0) is 15.6.